The van der Waals surface area contributed by atoms with Crippen LogP contribution in [0.4, 0.5) is 0 Å². The molecule has 0 aliphatic carbocycles. The molecule has 2 amide bonds. The molecule has 1 aliphatic rings. The van der Waals surface area contributed by atoms with Gasteiger partial charge in [-0.2, -0.15) is 0 Å². The monoisotopic (exact) mass is 381 g/mol. The van der Waals surface area contributed by atoms with Crippen molar-refractivity contribution in [1.82, 2.24) is 15.5 Å². The first-order valence-corrected chi connectivity index (χ1v) is 9.37. The van der Waals surface area contributed by atoms with Gasteiger partial charge in [-0.05, 0) is 29.9 Å². The fraction of sp³-hybridized carbons (Fsp3) is 0.600. The summed E-state index contributed by atoms with van der Waals surface area (Å²) in [6, 6.07) is 8.50. The summed E-state index contributed by atoms with van der Waals surface area (Å²) in [7, 11) is 0. The Kier molecular flexibility index (Phi) is 9.66. The Morgan fingerprint density at radius 3 is 2.58 bits per heavy atom. The van der Waals surface area contributed by atoms with Crippen molar-refractivity contribution in [1.29, 1.82) is 0 Å². The minimum absolute atomic E-state index is 0. The van der Waals surface area contributed by atoms with Gasteiger partial charge in [-0.25, -0.2) is 0 Å². The Labute approximate surface area is 163 Å². The van der Waals surface area contributed by atoms with E-state index in [1.165, 1.54) is 5.56 Å². The number of carbonyl (C=O) groups excluding carboxylic acids is 2. The molecule has 1 aromatic carbocycles. The summed E-state index contributed by atoms with van der Waals surface area (Å²) in [6.07, 6.45) is 2.34. The molecule has 26 heavy (non-hydrogen) atoms. The number of carbonyl (C=O) groups is 2. The number of aryl methyl sites for hydroxylation is 1. The third-order valence-corrected chi connectivity index (χ3v) is 4.72. The van der Waals surface area contributed by atoms with Crippen LogP contribution in [0.15, 0.2) is 24.3 Å². The molecule has 0 radical (unpaired) electrons. The Morgan fingerprint density at radius 2 is 1.96 bits per heavy atom. The largest absolute Gasteiger partial charge is 0.347 e. The molecule has 2 N–H and O–H groups in total. The van der Waals surface area contributed by atoms with Crippen LogP contribution >= 0.6 is 12.4 Å². The first-order chi connectivity index (χ1) is 12.0. The van der Waals surface area contributed by atoms with Crippen molar-refractivity contribution in [2.75, 3.05) is 26.2 Å². The number of benzene rings is 1. The maximum atomic E-state index is 12.6. The fourth-order valence-electron chi connectivity index (χ4n) is 3.06. The summed E-state index contributed by atoms with van der Waals surface area (Å²) >= 11 is 0. The molecule has 146 valence electrons. The number of rotatable bonds is 7. The maximum Gasteiger partial charge on any atom is 0.242 e. The maximum absolute atomic E-state index is 12.6. The topological polar surface area (TPSA) is 61.4 Å². The van der Waals surface area contributed by atoms with Gasteiger partial charge in [0.25, 0.3) is 0 Å². The molecule has 0 saturated carbocycles. The van der Waals surface area contributed by atoms with E-state index < -0.39 is 0 Å². The number of piperazine rings is 1. The minimum Gasteiger partial charge on any atom is -0.347 e. The van der Waals surface area contributed by atoms with Crippen LogP contribution in [0, 0.1) is 5.92 Å². The fourth-order valence-corrected chi connectivity index (χ4v) is 3.06. The highest BCUT2D eigenvalue weighted by atomic mass is 35.5. The van der Waals surface area contributed by atoms with Crippen LogP contribution in [-0.2, 0) is 16.0 Å². The second-order valence-corrected chi connectivity index (χ2v) is 7.11. The van der Waals surface area contributed by atoms with Crippen LogP contribution in [-0.4, -0.2) is 42.9 Å². The normalized spacial score (nSPS) is 16.9. The lowest BCUT2D eigenvalue weighted by Gasteiger charge is -2.36. The SMILES string of the molecule is CCc1ccc(C2CNCCN2C(=O)CNC(=O)CCC(C)C)cc1.Cl. The van der Waals surface area contributed by atoms with Crippen molar-refractivity contribution in [2.45, 2.75) is 46.1 Å². The van der Waals surface area contributed by atoms with Gasteiger partial charge in [-0.1, -0.05) is 45.0 Å². The lowest BCUT2D eigenvalue weighted by Crippen LogP contribution is -2.51. The summed E-state index contributed by atoms with van der Waals surface area (Å²) in [6.45, 7) is 8.60. The molecule has 0 spiro atoms. The zero-order valence-corrected chi connectivity index (χ0v) is 16.9. The second kappa shape index (κ2) is 11.2. The number of nitrogens with zero attached hydrogens (tertiary/aromatic N) is 1. The van der Waals surface area contributed by atoms with E-state index in [0.29, 0.717) is 18.9 Å². The van der Waals surface area contributed by atoms with Crippen LogP contribution in [0.5, 0.6) is 0 Å². The number of hydrogen-bond donors (Lipinski definition) is 2. The van der Waals surface area contributed by atoms with Gasteiger partial charge >= 0.3 is 0 Å². The van der Waals surface area contributed by atoms with Crippen LogP contribution < -0.4 is 10.6 Å². The molecule has 1 fully saturated rings. The first-order valence-electron chi connectivity index (χ1n) is 9.37. The van der Waals surface area contributed by atoms with Gasteiger partial charge in [0, 0.05) is 26.1 Å². The van der Waals surface area contributed by atoms with E-state index in [0.717, 1.165) is 31.5 Å². The lowest BCUT2D eigenvalue weighted by atomic mass is 10.0. The Morgan fingerprint density at radius 1 is 1.27 bits per heavy atom. The lowest BCUT2D eigenvalue weighted by molar-refractivity contribution is -0.135. The summed E-state index contributed by atoms with van der Waals surface area (Å²) in [5.41, 5.74) is 2.44. The highest BCUT2D eigenvalue weighted by Gasteiger charge is 2.27. The molecule has 1 atom stereocenters. The standard InChI is InChI=1S/C20H31N3O2.ClH/c1-4-16-6-8-17(9-7-16)18-13-21-11-12-23(18)20(25)14-22-19(24)10-5-15(2)3;/h6-9,15,18,21H,4-5,10-14H2,1-3H3,(H,22,24);1H. The second-order valence-electron chi connectivity index (χ2n) is 7.11. The van der Waals surface area contributed by atoms with Crippen molar-refractivity contribution in [3.8, 4) is 0 Å². The van der Waals surface area contributed by atoms with Crippen LogP contribution in [0.25, 0.3) is 0 Å². The van der Waals surface area contributed by atoms with Crippen LogP contribution in [0.2, 0.25) is 0 Å². The molecule has 5 nitrogen and oxygen atoms in total. The van der Waals surface area contributed by atoms with E-state index in [2.05, 4.69) is 55.7 Å². The molecule has 6 heteroatoms. The zero-order chi connectivity index (χ0) is 18.2. The Bertz CT molecular complexity index is 575. The van der Waals surface area contributed by atoms with E-state index in [4.69, 9.17) is 0 Å². The summed E-state index contributed by atoms with van der Waals surface area (Å²) in [5.74, 6) is 0.440. The van der Waals surface area contributed by atoms with E-state index in [-0.39, 0.29) is 36.8 Å². The highest BCUT2D eigenvalue weighted by Crippen LogP contribution is 2.22. The van der Waals surface area contributed by atoms with Gasteiger partial charge in [0.15, 0.2) is 0 Å². The van der Waals surface area contributed by atoms with Crippen LogP contribution in [0.3, 0.4) is 0 Å². The van der Waals surface area contributed by atoms with E-state index >= 15 is 0 Å². The molecule has 1 heterocycles. The Hall–Kier alpha value is -1.59. The number of amides is 2. The zero-order valence-electron chi connectivity index (χ0n) is 16.1. The minimum atomic E-state index is -0.0407. The molecule has 1 unspecified atom stereocenters. The van der Waals surface area contributed by atoms with Crippen molar-refractivity contribution >= 4 is 24.2 Å². The average Bonchev–Trinajstić information content (AvgIpc) is 2.64. The molecule has 1 aromatic rings. The predicted molar refractivity (Wildman–Crippen MR) is 107 cm³/mol. The highest BCUT2D eigenvalue weighted by molar-refractivity contribution is 5.85. The number of nitrogens with one attached hydrogen (secondary N) is 2. The number of halogens is 1. The van der Waals surface area contributed by atoms with Gasteiger partial charge in [0.2, 0.25) is 11.8 Å². The van der Waals surface area contributed by atoms with Crippen LogP contribution in [0.1, 0.15) is 50.8 Å². The molecular formula is C20H32ClN3O2. The van der Waals surface area contributed by atoms with E-state index in [1.807, 2.05) is 4.90 Å². The van der Waals surface area contributed by atoms with E-state index in [1.54, 1.807) is 0 Å². The summed E-state index contributed by atoms with van der Waals surface area (Å²) < 4.78 is 0. The van der Waals surface area contributed by atoms with E-state index in [9.17, 15) is 9.59 Å². The van der Waals surface area contributed by atoms with Gasteiger partial charge in [-0.3, -0.25) is 9.59 Å². The van der Waals surface area contributed by atoms with Crippen molar-refractivity contribution < 1.29 is 9.59 Å². The van der Waals surface area contributed by atoms with Gasteiger partial charge in [0.1, 0.15) is 0 Å². The number of hydrogen-bond acceptors (Lipinski definition) is 3. The molecular weight excluding hydrogens is 350 g/mol. The first kappa shape index (κ1) is 22.5. The van der Waals surface area contributed by atoms with Gasteiger partial charge < -0.3 is 15.5 Å². The molecule has 0 aromatic heterocycles. The third-order valence-electron chi connectivity index (χ3n) is 4.72. The molecule has 2 rings (SSSR count). The summed E-state index contributed by atoms with van der Waals surface area (Å²) in [4.78, 5) is 26.4. The summed E-state index contributed by atoms with van der Waals surface area (Å²) in [5, 5.41) is 6.14. The van der Waals surface area contributed by atoms with Gasteiger partial charge in [0.05, 0.1) is 12.6 Å². The van der Waals surface area contributed by atoms with Crippen molar-refractivity contribution in [3.63, 3.8) is 0 Å². The third kappa shape index (κ3) is 6.61. The molecule has 0 bridgehead atoms. The van der Waals surface area contributed by atoms with Gasteiger partial charge in [-0.15, -0.1) is 12.4 Å². The Balaban J connectivity index is 0.00000338. The predicted octanol–water partition coefficient (Wildman–Crippen LogP) is 2.70. The molecule has 1 aliphatic heterocycles. The van der Waals surface area contributed by atoms with Crippen molar-refractivity contribution in [3.05, 3.63) is 35.4 Å². The average molecular weight is 382 g/mol. The molecule has 1 saturated heterocycles. The van der Waals surface area contributed by atoms with Crippen molar-refractivity contribution in [2.24, 2.45) is 5.92 Å². The quantitative estimate of drug-likeness (QED) is 0.763. The smallest absolute Gasteiger partial charge is 0.242 e.